The van der Waals surface area contributed by atoms with Crippen LogP contribution in [0.3, 0.4) is 0 Å². The molecular formula is C19H17Br2N3O2. The van der Waals surface area contributed by atoms with Gasteiger partial charge in [0.15, 0.2) is 6.61 Å². The minimum atomic E-state index is -0.237. The molecule has 0 aliphatic heterocycles. The van der Waals surface area contributed by atoms with Crippen LogP contribution in [0.15, 0.2) is 57.5 Å². The summed E-state index contributed by atoms with van der Waals surface area (Å²) >= 11 is 6.80. The van der Waals surface area contributed by atoms with Crippen molar-refractivity contribution in [3.63, 3.8) is 0 Å². The topological polar surface area (TPSA) is 56.2 Å². The highest BCUT2D eigenvalue weighted by molar-refractivity contribution is 9.11. The summed E-state index contributed by atoms with van der Waals surface area (Å²) < 4.78 is 9.12. The van der Waals surface area contributed by atoms with E-state index in [0.717, 1.165) is 26.0 Å². The van der Waals surface area contributed by atoms with Crippen molar-refractivity contribution in [1.82, 2.24) is 9.78 Å². The van der Waals surface area contributed by atoms with E-state index in [2.05, 4.69) is 42.3 Å². The lowest BCUT2D eigenvalue weighted by atomic mass is 10.3. The van der Waals surface area contributed by atoms with E-state index in [1.807, 2.05) is 61.0 Å². The van der Waals surface area contributed by atoms with Gasteiger partial charge in [0, 0.05) is 4.47 Å². The van der Waals surface area contributed by atoms with Gasteiger partial charge in [-0.25, -0.2) is 4.68 Å². The van der Waals surface area contributed by atoms with Crippen LogP contribution in [0.5, 0.6) is 5.75 Å². The van der Waals surface area contributed by atoms with Crippen LogP contribution < -0.4 is 10.1 Å². The van der Waals surface area contributed by atoms with Crippen molar-refractivity contribution in [2.24, 2.45) is 0 Å². The molecule has 0 spiro atoms. The van der Waals surface area contributed by atoms with Crippen LogP contribution in [0, 0.1) is 13.8 Å². The molecule has 3 rings (SSSR count). The number of hydrogen-bond acceptors (Lipinski definition) is 3. The van der Waals surface area contributed by atoms with Gasteiger partial charge in [-0.2, -0.15) is 5.10 Å². The van der Waals surface area contributed by atoms with Crippen molar-refractivity contribution in [3.05, 3.63) is 68.9 Å². The summed E-state index contributed by atoms with van der Waals surface area (Å²) in [6.07, 6.45) is 0. The first-order valence-electron chi connectivity index (χ1n) is 7.95. The minimum absolute atomic E-state index is 0.0877. The number of ether oxygens (including phenoxy) is 1. The Labute approximate surface area is 168 Å². The van der Waals surface area contributed by atoms with Crippen LogP contribution in [-0.4, -0.2) is 22.3 Å². The standard InChI is InChI=1S/C19H17Br2N3O2/c1-12-19(13(2)24(23-12)15-6-4-3-5-7-15)22-18(25)11-26-17-9-8-14(20)10-16(17)21/h3-10H,11H2,1-2H3,(H,22,25). The third-order valence-corrected chi connectivity index (χ3v) is 4.92. The molecule has 0 fully saturated rings. The van der Waals surface area contributed by atoms with Gasteiger partial charge in [0.1, 0.15) is 5.75 Å². The molecule has 1 aromatic heterocycles. The number of benzene rings is 2. The zero-order valence-corrected chi connectivity index (χ0v) is 17.5. The van der Waals surface area contributed by atoms with Gasteiger partial charge in [-0.3, -0.25) is 4.79 Å². The second kappa shape index (κ2) is 8.05. The molecule has 3 aromatic rings. The van der Waals surface area contributed by atoms with Crippen molar-refractivity contribution in [2.75, 3.05) is 11.9 Å². The summed E-state index contributed by atoms with van der Waals surface area (Å²) in [5, 5.41) is 7.42. The number of amides is 1. The predicted octanol–water partition coefficient (Wildman–Crippen LogP) is 5.03. The number of anilines is 1. The number of para-hydroxylation sites is 1. The van der Waals surface area contributed by atoms with Crippen LogP contribution in [0.1, 0.15) is 11.4 Å². The second-order valence-electron chi connectivity index (χ2n) is 5.70. The monoisotopic (exact) mass is 477 g/mol. The fraction of sp³-hybridized carbons (Fsp3) is 0.158. The first-order chi connectivity index (χ1) is 12.5. The van der Waals surface area contributed by atoms with Gasteiger partial charge in [-0.05, 0) is 60.1 Å². The highest BCUT2D eigenvalue weighted by Crippen LogP contribution is 2.28. The fourth-order valence-corrected chi connectivity index (χ4v) is 3.72. The Bertz CT molecular complexity index is 939. The number of rotatable bonds is 5. The summed E-state index contributed by atoms with van der Waals surface area (Å²) in [5.74, 6) is 0.371. The molecule has 5 nitrogen and oxygen atoms in total. The number of carbonyl (C=O) groups excluding carboxylic acids is 1. The molecule has 0 saturated heterocycles. The molecule has 1 amide bonds. The van der Waals surface area contributed by atoms with Crippen molar-refractivity contribution >= 4 is 43.5 Å². The molecule has 0 aliphatic carbocycles. The maximum atomic E-state index is 12.3. The Balaban J connectivity index is 1.71. The second-order valence-corrected chi connectivity index (χ2v) is 7.47. The number of aryl methyl sites for hydroxylation is 1. The van der Waals surface area contributed by atoms with E-state index in [1.165, 1.54) is 0 Å². The maximum Gasteiger partial charge on any atom is 0.262 e. The van der Waals surface area contributed by atoms with Crippen molar-refractivity contribution in [3.8, 4) is 11.4 Å². The number of aromatic nitrogens is 2. The zero-order valence-electron chi connectivity index (χ0n) is 14.3. The van der Waals surface area contributed by atoms with E-state index < -0.39 is 0 Å². The number of nitrogens with one attached hydrogen (secondary N) is 1. The molecule has 26 heavy (non-hydrogen) atoms. The number of nitrogens with zero attached hydrogens (tertiary/aromatic N) is 2. The van der Waals surface area contributed by atoms with Crippen molar-refractivity contribution in [2.45, 2.75) is 13.8 Å². The molecule has 2 aromatic carbocycles. The molecule has 0 radical (unpaired) electrons. The predicted molar refractivity (Wildman–Crippen MR) is 109 cm³/mol. The van der Waals surface area contributed by atoms with E-state index in [1.54, 1.807) is 6.07 Å². The van der Waals surface area contributed by atoms with Gasteiger partial charge in [0.25, 0.3) is 5.91 Å². The molecule has 0 aliphatic rings. The zero-order chi connectivity index (χ0) is 18.7. The van der Waals surface area contributed by atoms with Gasteiger partial charge in [-0.1, -0.05) is 34.1 Å². The molecule has 0 unspecified atom stereocenters. The van der Waals surface area contributed by atoms with E-state index in [0.29, 0.717) is 11.4 Å². The Morgan fingerprint density at radius 2 is 1.88 bits per heavy atom. The number of halogens is 2. The molecule has 1 heterocycles. The molecule has 134 valence electrons. The Morgan fingerprint density at radius 3 is 2.58 bits per heavy atom. The van der Waals surface area contributed by atoms with E-state index in [9.17, 15) is 4.79 Å². The Kier molecular flexibility index (Phi) is 5.78. The first-order valence-corrected chi connectivity index (χ1v) is 9.53. The third-order valence-electron chi connectivity index (χ3n) is 3.81. The average molecular weight is 479 g/mol. The normalized spacial score (nSPS) is 10.6. The maximum absolute atomic E-state index is 12.3. The summed E-state index contributed by atoms with van der Waals surface area (Å²) in [7, 11) is 0. The van der Waals surface area contributed by atoms with Crippen molar-refractivity contribution < 1.29 is 9.53 Å². The highest BCUT2D eigenvalue weighted by Gasteiger charge is 2.15. The third kappa shape index (κ3) is 4.16. The molecule has 1 N–H and O–H groups in total. The Hall–Kier alpha value is -2.12. The lowest BCUT2D eigenvalue weighted by Gasteiger charge is -2.10. The quantitative estimate of drug-likeness (QED) is 0.559. The summed E-state index contributed by atoms with van der Waals surface area (Å²) in [6, 6.07) is 15.3. The van der Waals surface area contributed by atoms with Crippen LogP contribution in [0.25, 0.3) is 5.69 Å². The van der Waals surface area contributed by atoms with Crippen molar-refractivity contribution in [1.29, 1.82) is 0 Å². The fourth-order valence-electron chi connectivity index (χ4n) is 2.56. The molecular weight excluding hydrogens is 462 g/mol. The van der Waals surface area contributed by atoms with Gasteiger partial charge in [0.05, 0.1) is 27.2 Å². The number of hydrogen-bond donors (Lipinski definition) is 1. The number of carbonyl (C=O) groups is 1. The summed E-state index contributed by atoms with van der Waals surface area (Å²) in [6.45, 7) is 3.71. The van der Waals surface area contributed by atoms with E-state index >= 15 is 0 Å². The first kappa shape index (κ1) is 18.7. The van der Waals surface area contributed by atoms with E-state index in [4.69, 9.17) is 4.74 Å². The average Bonchev–Trinajstić information content (AvgIpc) is 2.90. The highest BCUT2D eigenvalue weighted by atomic mass is 79.9. The van der Waals surface area contributed by atoms with E-state index in [-0.39, 0.29) is 12.5 Å². The molecule has 0 atom stereocenters. The van der Waals surface area contributed by atoms with Crippen LogP contribution in [0.4, 0.5) is 5.69 Å². The van der Waals surface area contributed by atoms with Crippen LogP contribution >= 0.6 is 31.9 Å². The van der Waals surface area contributed by atoms with Gasteiger partial charge in [-0.15, -0.1) is 0 Å². The van der Waals surface area contributed by atoms with Gasteiger partial charge < -0.3 is 10.1 Å². The minimum Gasteiger partial charge on any atom is -0.483 e. The lowest BCUT2D eigenvalue weighted by Crippen LogP contribution is -2.21. The van der Waals surface area contributed by atoms with Gasteiger partial charge in [0.2, 0.25) is 0 Å². The lowest BCUT2D eigenvalue weighted by molar-refractivity contribution is -0.118. The van der Waals surface area contributed by atoms with Gasteiger partial charge >= 0.3 is 0 Å². The SMILES string of the molecule is Cc1nn(-c2ccccc2)c(C)c1NC(=O)COc1ccc(Br)cc1Br. The summed E-state index contributed by atoms with van der Waals surface area (Å²) in [4.78, 5) is 12.3. The summed E-state index contributed by atoms with van der Waals surface area (Å²) in [5.41, 5.74) is 3.28. The smallest absolute Gasteiger partial charge is 0.262 e. The largest absolute Gasteiger partial charge is 0.483 e. The molecule has 7 heteroatoms. The Morgan fingerprint density at radius 1 is 1.15 bits per heavy atom. The van der Waals surface area contributed by atoms with Crippen LogP contribution in [-0.2, 0) is 4.79 Å². The molecule has 0 bridgehead atoms. The van der Waals surface area contributed by atoms with Crippen LogP contribution in [0.2, 0.25) is 0 Å². The molecule has 0 saturated carbocycles.